The predicted octanol–water partition coefficient (Wildman–Crippen LogP) is 5.62. The number of aliphatic hydroxyl groups excluding tert-OH is 1. The fraction of sp³-hybridized carbons (Fsp3) is 0.250. The molecule has 0 bridgehead atoms. The van der Waals surface area contributed by atoms with Crippen LogP contribution >= 0.6 is 15.9 Å². The van der Waals surface area contributed by atoms with E-state index in [4.69, 9.17) is 0 Å². The number of likely N-dealkylation sites (tertiary alicyclic amines) is 1. The summed E-state index contributed by atoms with van der Waals surface area (Å²) in [7, 11) is 0. The molecular formula is C28H28BrN3O3. The van der Waals surface area contributed by atoms with E-state index in [-0.39, 0.29) is 17.9 Å². The number of aromatic nitrogens is 1. The average Bonchev–Trinajstić information content (AvgIpc) is 3.12. The van der Waals surface area contributed by atoms with Crippen molar-refractivity contribution >= 4 is 39.1 Å². The maximum absolute atomic E-state index is 13.3. The van der Waals surface area contributed by atoms with Gasteiger partial charge in [-0.3, -0.25) is 14.6 Å². The van der Waals surface area contributed by atoms with Crippen LogP contribution in [0.1, 0.15) is 42.1 Å². The van der Waals surface area contributed by atoms with Gasteiger partial charge in [0.15, 0.2) is 0 Å². The number of nitrogens with zero attached hydrogens (tertiary/aromatic N) is 3. The molecule has 2 aromatic carbocycles. The predicted molar refractivity (Wildman–Crippen MR) is 141 cm³/mol. The van der Waals surface area contributed by atoms with E-state index in [0.29, 0.717) is 5.56 Å². The normalized spacial score (nSPS) is 17.1. The van der Waals surface area contributed by atoms with Crippen LogP contribution in [0.25, 0.3) is 5.76 Å². The second-order valence-electron chi connectivity index (χ2n) is 8.51. The molecule has 1 atom stereocenters. The lowest BCUT2D eigenvalue weighted by molar-refractivity contribution is -0.140. The molecule has 1 aromatic heterocycles. The molecule has 1 amide bonds. The van der Waals surface area contributed by atoms with Crippen LogP contribution in [-0.4, -0.2) is 39.8 Å². The molecule has 6 nitrogen and oxygen atoms in total. The number of amides is 1. The summed E-state index contributed by atoms with van der Waals surface area (Å²) in [4.78, 5) is 34.3. The summed E-state index contributed by atoms with van der Waals surface area (Å²) in [6, 6.07) is 16.2. The zero-order valence-corrected chi connectivity index (χ0v) is 21.6. The van der Waals surface area contributed by atoms with Crippen LogP contribution in [0.3, 0.4) is 0 Å². The van der Waals surface area contributed by atoms with Gasteiger partial charge in [-0.2, -0.15) is 0 Å². The number of halogens is 1. The fourth-order valence-corrected chi connectivity index (χ4v) is 4.72. The van der Waals surface area contributed by atoms with Gasteiger partial charge in [0.25, 0.3) is 11.7 Å². The Bertz CT molecular complexity index is 1270. The van der Waals surface area contributed by atoms with Crippen molar-refractivity contribution in [2.75, 3.05) is 18.0 Å². The zero-order valence-electron chi connectivity index (χ0n) is 20.0. The van der Waals surface area contributed by atoms with Crippen LogP contribution < -0.4 is 4.90 Å². The first-order valence-electron chi connectivity index (χ1n) is 11.6. The molecule has 1 unspecified atom stereocenters. The molecule has 1 N–H and O–H groups in total. The molecule has 3 aromatic rings. The lowest BCUT2D eigenvalue weighted by Crippen LogP contribution is -2.29. The summed E-state index contributed by atoms with van der Waals surface area (Å²) < 4.78 is 0.899. The number of pyridine rings is 1. The molecule has 7 heteroatoms. The molecule has 1 aliphatic heterocycles. The van der Waals surface area contributed by atoms with Gasteiger partial charge in [0, 0.05) is 47.8 Å². The Hall–Kier alpha value is -3.45. The number of benzene rings is 2. The number of carbonyl (C=O) groups is 2. The van der Waals surface area contributed by atoms with Gasteiger partial charge < -0.3 is 14.9 Å². The topological polar surface area (TPSA) is 73.7 Å². The lowest BCUT2D eigenvalue weighted by Gasteiger charge is -2.27. The van der Waals surface area contributed by atoms with E-state index < -0.39 is 17.7 Å². The van der Waals surface area contributed by atoms with Crippen molar-refractivity contribution < 1.29 is 14.7 Å². The first kappa shape index (κ1) is 24.7. The smallest absolute Gasteiger partial charge is 0.295 e. The van der Waals surface area contributed by atoms with Crippen molar-refractivity contribution in [3.63, 3.8) is 0 Å². The van der Waals surface area contributed by atoms with E-state index in [1.807, 2.05) is 49.4 Å². The van der Waals surface area contributed by atoms with Gasteiger partial charge >= 0.3 is 0 Å². The molecule has 1 saturated heterocycles. The highest BCUT2D eigenvalue weighted by Gasteiger charge is 2.46. The average molecular weight is 534 g/mol. The summed E-state index contributed by atoms with van der Waals surface area (Å²) in [5, 5.41) is 11.3. The molecule has 0 radical (unpaired) electrons. The summed E-state index contributed by atoms with van der Waals surface area (Å²) >= 11 is 3.47. The van der Waals surface area contributed by atoms with Crippen molar-refractivity contribution in [3.05, 3.63) is 99.3 Å². The summed E-state index contributed by atoms with van der Waals surface area (Å²) in [5.41, 5.74) is 4.20. The molecule has 0 aliphatic carbocycles. The molecule has 1 aliphatic rings. The number of hydrogen-bond acceptors (Lipinski definition) is 5. The van der Waals surface area contributed by atoms with Crippen LogP contribution in [0.15, 0.2) is 77.0 Å². The van der Waals surface area contributed by atoms with E-state index >= 15 is 0 Å². The van der Waals surface area contributed by atoms with Crippen molar-refractivity contribution in [1.82, 2.24) is 9.88 Å². The SMILES string of the molecule is CCN(CC)c1ccc(C2/C(=C(/O)c3ccc(Br)c(C)c3)C(=O)C(=O)N2Cc2ccncc2)cc1. The highest BCUT2D eigenvalue weighted by atomic mass is 79.9. The Kier molecular flexibility index (Phi) is 7.36. The van der Waals surface area contributed by atoms with Gasteiger partial charge in [0.05, 0.1) is 11.6 Å². The number of carbonyl (C=O) groups excluding carboxylic acids is 2. The van der Waals surface area contributed by atoms with Crippen LogP contribution in [-0.2, 0) is 16.1 Å². The first-order chi connectivity index (χ1) is 16.8. The van der Waals surface area contributed by atoms with Gasteiger partial charge in [0.1, 0.15) is 5.76 Å². The second kappa shape index (κ2) is 10.4. The van der Waals surface area contributed by atoms with Crippen LogP contribution in [0.2, 0.25) is 0 Å². The van der Waals surface area contributed by atoms with E-state index in [2.05, 4.69) is 39.7 Å². The van der Waals surface area contributed by atoms with Crippen LogP contribution in [0.5, 0.6) is 0 Å². The van der Waals surface area contributed by atoms with Crippen molar-refractivity contribution in [1.29, 1.82) is 0 Å². The third kappa shape index (κ3) is 4.86. The highest BCUT2D eigenvalue weighted by Crippen LogP contribution is 2.41. The minimum absolute atomic E-state index is 0.0985. The summed E-state index contributed by atoms with van der Waals surface area (Å²) in [6.07, 6.45) is 3.31. The Morgan fingerprint density at radius 1 is 1.03 bits per heavy atom. The second-order valence-corrected chi connectivity index (χ2v) is 9.36. The van der Waals surface area contributed by atoms with Crippen LogP contribution in [0, 0.1) is 6.92 Å². The quantitative estimate of drug-likeness (QED) is 0.242. The number of aliphatic hydroxyl groups is 1. The lowest BCUT2D eigenvalue weighted by atomic mass is 9.94. The van der Waals surface area contributed by atoms with Crippen molar-refractivity contribution in [2.45, 2.75) is 33.4 Å². The molecule has 180 valence electrons. The van der Waals surface area contributed by atoms with Gasteiger partial charge in [-0.05, 0) is 73.9 Å². The minimum atomic E-state index is -0.710. The zero-order chi connectivity index (χ0) is 25.1. The summed E-state index contributed by atoms with van der Waals surface area (Å²) in [6.45, 7) is 8.08. The molecule has 0 saturated carbocycles. The maximum atomic E-state index is 13.3. The Morgan fingerprint density at radius 3 is 2.29 bits per heavy atom. The molecular weight excluding hydrogens is 506 g/mol. The largest absolute Gasteiger partial charge is 0.507 e. The van der Waals surface area contributed by atoms with E-state index in [0.717, 1.165) is 39.9 Å². The number of hydrogen-bond donors (Lipinski definition) is 1. The summed E-state index contributed by atoms with van der Waals surface area (Å²) in [5.74, 6) is -1.49. The molecule has 0 spiro atoms. The van der Waals surface area contributed by atoms with Crippen LogP contribution in [0.4, 0.5) is 5.69 Å². The maximum Gasteiger partial charge on any atom is 0.295 e. The molecule has 1 fully saturated rings. The third-order valence-electron chi connectivity index (χ3n) is 6.41. The minimum Gasteiger partial charge on any atom is -0.507 e. The van der Waals surface area contributed by atoms with Gasteiger partial charge in [-0.25, -0.2) is 0 Å². The highest BCUT2D eigenvalue weighted by molar-refractivity contribution is 9.10. The number of rotatable bonds is 7. The standard InChI is InChI=1S/C28H28BrN3O3/c1-4-31(5-2)22-9-6-20(7-10-22)25-24(26(33)21-8-11-23(29)18(3)16-21)27(34)28(35)32(25)17-19-12-14-30-15-13-19/h6-16,25,33H,4-5,17H2,1-3H3/b26-24-. The Balaban J connectivity index is 1.84. The van der Waals surface area contributed by atoms with E-state index in [1.165, 1.54) is 4.90 Å². The van der Waals surface area contributed by atoms with Crippen molar-refractivity contribution in [2.24, 2.45) is 0 Å². The number of Topliss-reactive ketones (excluding diaryl/α,β-unsaturated/α-hetero) is 1. The first-order valence-corrected chi connectivity index (χ1v) is 12.4. The third-order valence-corrected chi connectivity index (χ3v) is 7.30. The molecule has 2 heterocycles. The van der Waals surface area contributed by atoms with E-state index in [1.54, 1.807) is 24.5 Å². The van der Waals surface area contributed by atoms with Gasteiger partial charge in [-0.15, -0.1) is 0 Å². The molecule has 4 rings (SSSR count). The Morgan fingerprint density at radius 2 is 1.69 bits per heavy atom. The number of aryl methyl sites for hydroxylation is 1. The fourth-order valence-electron chi connectivity index (χ4n) is 4.48. The monoisotopic (exact) mass is 533 g/mol. The van der Waals surface area contributed by atoms with Crippen molar-refractivity contribution in [3.8, 4) is 0 Å². The number of ketones is 1. The van der Waals surface area contributed by atoms with Gasteiger partial charge in [-0.1, -0.05) is 34.1 Å². The van der Waals surface area contributed by atoms with E-state index in [9.17, 15) is 14.7 Å². The molecule has 35 heavy (non-hydrogen) atoms. The Labute approximate surface area is 214 Å². The number of anilines is 1. The van der Waals surface area contributed by atoms with Gasteiger partial charge in [0.2, 0.25) is 0 Å².